The standard InChI is InChI=1S/C18H22BrN3O4/c1-11(23)26-10-15(24)20-7-8-22-14-9-12(19)5-6-13(14)21-16(17(22)25)18(2,3)4/h5-6,9H,7-8,10H2,1-4H3,(H,20,24). The van der Waals surface area contributed by atoms with E-state index >= 15 is 0 Å². The van der Waals surface area contributed by atoms with Gasteiger partial charge in [0.1, 0.15) is 5.69 Å². The van der Waals surface area contributed by atoms with Gasteiger partial charge in [-0.1, -0.05) is 36.7 Å². The number of nitrogens with zero attached hydrogens (tertiary/aromatic N) is 2. The Labute approximate surface area is 159 Å². The molecule has 8 heteroatoms. The summed E-state index contributed by atoms with van der Waals surface area (Å²) >= 11 is 3.41. The minimum Gasteiger partial charge on any atom is -0.456 e. The van der Waals surface area contributed by atoms with E-state index in [1.54, 1.807) is 4.57 Å². The lowest BCUT2D eigenvalue weighted by Crippen LogP contribution is -2.36. The van der Waals surface area contributed by atoms with Crippen LogP contribution < -0.4 is 10.9 Å². The Hall–Kier alpha value is -2.22. The zero-order chi connectivity index (χ0) is 19.5. The Balaban J connectivity index is 2.31. The van der Waals surface area contributed by atoms with Gasteiger partial charge in [-0.3, -0.25) is 14.4 Å². The number of hydrogen-bond acceptors (Lipinski definition) is 5. The number of amides is 1. The van der Waals surface area contributed by atoms with Gasteiger partial charge in [0.15, 0.2) is 6.61 Å². The lowest BCUT2D eigenvalue weighted by atomic mass is 9.92. The van der Waals surface area contributed by atoms with Gasteiger partial charge in [-0.15, -0.1) is 0 Å². The average Bonchev–Trinajstić information content (AvgIpc) is 2.53. The number of carbonyl (C=O) groups is 2. The van der Waals surface area contributed by atoms with Crippen molar-refractivity contribution in [2.75, 3.05) is 13.2 Å². The topological polar surface area (TPSA) is 90.3 Å². The van der Waals surface area contributed by atoms with Crippen LogP contribution in [0.4, 0.5) is 0 Å². The first-order chi connectivity index (χ1) is 12.1. The molecule has 1 aromatic heterocycles. The third kappa shape index (κ3) is 4.91. The fraction of sp³-hybridized carbons (Fsp3) is 0.444. The summed E-state index contributed by atoms with van der Waals surface area (Å²) in [5.74, 6) is -0.931. The molecule has 0 aliphatic rings. The summed E-state index contributed by atoms with van der Waals surface area (Å²) in [5, 5.41) is 2.64. The molecule has 0 atom stereocenters. The summed E-state index contributed by atoms with van der Waals surface area (Å²) in [4.78, 5) is 39.9. The second kappa shape index (κ2) is 7.99. The summed E-state index contributed by atoms with van der Waals surface area (Å²) in [6.07, 6.45) is 0. The van der Waals surface area contributed by atoms with Gasteiger partial charge in [-0.05, 0) is 18.2 Å². The van der Waals surface area contributed by atoms with Crippen LogP contribution in [0.3, 0.4) is 0 Å². The maximum absolute atomic E-state index is 12.9. The zero-order valence-electron chi connectivity index (χ0n) is 15.3. The first kappa shape index (κ1) is 20.1. The minimum atomic E-state index is -0.517. The molecular weight excluding hydrogens is 402 g/mol. The van der Waals surface area contributed by atoms with Crippen LogP contribution in [0.5, 0.6) is 0 Å². The molecule has 0 unspecified atom stereocenters. The lowest BCUT2D eigenvalue weighted by molar-refractivity contribution is -0.146. The highest BCUT2D eigenvalue weighted by Gasteiger charge is 2.22. The van der Waals surface area contributed by atoms with Crippen LogP contribution in [0.25, 0.3) is 11.0 Å². The number of fused-ring (bicyclic) bond motifs is 1. The van der Waals surface area contributed by atoms with Crippen LogP contribution in [-0.4, -0.2) is 34.6 Å². The zero-order valence-corrected chi connectivity index (χ0v) is 16.8. The van der Waals surface area contributed by atoms with Crippen LogP contribution in [0, 0.1) is 0 Å². The van der Waals surface area contributed by atoms with Crippen LogP contribution in [0.15, 0.2) is 27.5 Å². The number of nitrogens with one attached hydrogen (secondary N) is 1. The van der Waals surface area contributed by atoms with Gasteiger partial charge < -0.3 is 14.6 Å². The van der Waals surface area contributed by atoms with E-state index in [1.807, 2.05) is 39.0 Å². The summed E-state index contributed by atoms with van der Waals surface area (Å²) in [7, 11) is 0. The van der Waals surface area contributed by atoms with Gasteiger partial charge in [-0.2, -0.15) is 0 Å². The van der Waals surface area contributed by atoms with Crippen molar-refractivity contribution in [2.45, 2.75) is 39.7 Å². The molecule has 2 aromatic rings. The predicted molar refractivity (Wildman–Crippen MR) is 102 cm³/mol. The van der Waals surface area contributed by atoms with Gasteiger partial charge in [0.2, 0.25) is 0 Å². The molecule has 0 radical (unpaired) electrons. The normalized spacial score (nSPS) is 11.4. The summed E-state index contributed by atoms with van der Waals surface area (Å²) in [6.45, 7) is 7.23. The molecule has 140 valence electrons. The van der Waals surface area contributed by atoms with Crippen molar-refractivity contribution in [3.05, 3.63) is 38.7 Å². The van der Waals surface area contributed by atoms with Crippen molar-refractivity contribution in [3.63, 3.8) is 0 Å². The average molecular weight is 424 g/mol. The first-order valence-corrected chi connectivity index (χ1v) is 8.99. The number of carbonyl (C=O) groups excluding carboxylic acids is 2. The predicted octanol–water partition coefficient (Wildman–Crippen LogP) is 2.14. The van der Waals surface area contributed by atoms with Gasteiger partial charge in [0, 0.05) is 29.9 Å². The molecule has 0 saturated carbocycles. The molecule has 1 N–H and O–H groups in total. The maximum atomic E-state index is 12.9. The highest BCUT2D eigenvalue weighted by molar-refractivity contribution is 9.10. The molecule has 1 heterocycles. The molecule has 0 saturated heterocycles. The van der Waals surface area contributed by atoms with E-state index in [2.05, 4.69) is 31.0 Å². The van der Waals surface area contributed by atoms with Gasteiger partial charge in [0.05, 0.1) is 11.0 Å². The van der Waals surface area contributed by atoms with E-state index in [4.69, 9.17) is 0 Å². The number of aromatic nitrogens is 2. The number of esters is 1. The molecule has 0 aliphatic heterocycles. The molecule has 26 heavy (non-hydrogen) atoms. The highest BCUT2D eigenvalue weighted by atomic mass is 79.9. The quantitative estimate of drug-likeness (QED) is 0.743. The Morgan fingerprint density at radius 1 is 1.31 bits per heavy atom. The Kier molecular flexibility index (Phi) is 6.17. The van der Waals surface area contributed by atoms with E-state index in [1.165, 1.54) is 6.92 Å². The molecule has 0 bridgehead atoms. The Bertz CT molecular complexity index is 900. The number of rotatable bonds is 5. The molecule has 7 nitrogen and oxygen atoms in total. The number of halogens is 1. The van der Waals surface area contributed by atoms with Gasteiger partial charge in [-0.25, -0.2) is 4.98 Å². The third-order valence-corrected chi connectivity index (χ3v) is 4.18. The third-order valence-electron chi connectivity index (χ3n) is 3.68. The molecular formula is C18H22BrN3O4. The largest absolute Gasteiger partial charge is 0.456 e. The summed E-state index contributed by atoms with van der Waals surface area (Å²) in [6, 6.07) is 5.55. The Morgan fingerprint density at radius 2 is 2.00 bits per heavy atom. The molecule has 1 aromatic carbocycles. The van der Waals surface area contributed by atoms with E-state index < -0.39 is 17.3 Å². The fourth-order valence-corrected chi connectivity index (χ4v) is 2.80. The fourth-order valence-electron chi connectivity index (χ4n) is 2.45. The molecule has 0 spiro atoms. The van der Waals surface area contributed by atoms with Crippen molar-refractivity contribution >= 4 is 38.8 Å². The number of benzene rings is 1. The molecule has 0 fully saturated rings. The van der Waals surface area contributed by atoms with Crippen molar-refractivity contribution in [1.29, 1.82) is 0 Å². The second-order valence-corrected chi connectivity index (χ2v) is 7.85. The van der Waals surface area contributed by atoms with E-state index in [-0.39, 0.29) is 25.3 Å². The van der Waals surface area contributed by atoms with Crippen LogP contribution in [0.2, 0.25) is 0 Å². The van der Waals surface area contributed by atoms with E-state index in [0.717, 1.165) is 4.47 Å². The van der Waals surface area contributed by atoms with Crippen LogP contribution in [0.1, 0.15) is 33.4 Å². The second-order valence-electron chi connectivity index (χ2n) is 6.93. The van der Waals surface area contributed by atoms with Gasteiger partial charge >= 0.3 is 5.97 Å². The van der Waals surface area contributed by atoms with Crippen molar-refractivity contribution in [2.24, 2.45) is 0 Å². The first-order valence-electron chi connectivity index (χ1n) is 8.20. The maximum Gasteiger partial charge on any atom is 0.303 e. The van der Waals surface area contributed by atoms with Crippen LogP contribution in [-0.2, 0) is 26.3 Å². The minimum absolute atomic E-state index is 0.183. The summed E-state index contributed by atoms with van der Waals surface area (Å²) < 4.78 is 7.09. The SMILES string of the molecule is CC(=O)OCC(=O)NCCn1c(=O)c(C(C)(C)C)nc2ccc(Br)cc21. The molecule has 0 aliphatic carbocycles. The Morgan fingerprint density at radius 3 is 2.62 bits per heavy atom. The number of ether oxygens (including phenoxy) is 1. The van der Waals surface area contributed by atoms with Crippen molar-refractivity contribution in [3.8, 4) is 0 Å². The number of hydrogen-bond donors (Lipinski definition) is 1. The van der Waals surface area contributed by atoms with Gasteiger partial charge in [0.25, 0.3) is 11.5 Å². The lowest BCUT2D eigenvalue weighted by Gasteiger charge is -2.20. The highest BCUT2D eigenvalue weighted by Crippen LogP contribution is 2.22. The smallest absolute Gasteiger partial charge is 0.303 e. The molecule has 2 rings (SSSR count). The van der Waals surface area contributed by atoms with Crippen molar-refractivity contribution < 1.29 is 14.3 Å². The monoisotopic (exact) mass is 423 g/mol. The summed E-state index contributed by atoms with van der Waals surface area (Å²) in [5.41, 5.74) is 1.28. The van der Waals surface area contributed by atoms with E-state index in [0.29, 0.717) is 16.7 Å². The van der Waals surface area contributed by atoms with E-state index in [9.17, 15) is 14.4 Å². The molecule has 1 amide bonds. The van der Waals surface area contributed by atoms with Crippen LogP contribution >= 0.6 is 15.9 Å². The van der Waals surface area contributed by atoms with Crippen molar-refractivity contribution in [1.82, 2.24) is 14.9 Å².